The number of rotatable bonds is 8. The van der Waals surface area contributed by atoms with E-state index in [9.17, 15) is 0 Å². The number of nitrogen functional groups attached to an aromatic ring is 1. The number of benzene rings is 1. The summed E-state index contributed by atoms with van der Waals surface area (Å²) in [5, 5.41) is 0. The molecule has 1 aromatic carbocycles. The lowest BCUT2D eigenvalue weighted by atomic mass is 10.2. The first-order chi connectivity index (χ1) is 13.4. The van der Waals surface area contributed by atoms with E-state index in [0.717, 1.165) is 45.0 Å². The Morgan fingerprint density at radius 2 is 1.76 bits per heavy atom. The number of hydrogen-bond donors (Lipinski definition) is 1. The molecule has 1 fully saturated rings. The molecular formula is C22H38ClN5Si. The van der Waals surface area contributed by atoms with E-state index >= 15 is 0 Å². The molecule has 1 aromatic heterocycles. The number of halogens is 1. The van der Waals surface area contributed by atoms with Gasteiger partial charge in [0.15, 0.2) is 0 Å². The van der Waals surface area contributed by atoms with Crippen LogP contribution in [-0.2, 0) is 13.1 Å². The van der Waals surface area contributed by atoms with Gasteiger partial charge in [0.1, 0.15) is 18.9 Å². The Labute approximate surface area is 183 Å². The average Bonchev–Trinajstić information content (AvgIpc) is 2.95. The summed E-state index contributed by atoms with van der Waals surface area (Å²) in [7, 11) is -0.917. The number of nitrogens with zero attached hydrogens (tertiary/aromatic N) is 4. The minimum absolute atomic E-state index is 0. The number of anilines is 2. The van der Waals surface area contributed by atoms with Crippen LogP contribution in [0.15, 0.2) is 43.0 Å². The van der Waals surface area contributed by atoms with Gasteiger partial charge in [-0.25, -0.2) is 9.13 Å². The smallest absolute Gasteiger partial charge is 0.243 e. The molecule has 2 aromatic rings. The van der Waals surface area contributed by atoms with Crippen molar-refractivity contribution in [1.82, 2.24) is 9.47 Å². The molecule has 0 spiro atoms. The first-order valence-electron chi connectivity index (χ1n) is 10.8. The molecule has 1 aliphatic rings. The molecule has 0 atom stereocenters. The summed E-state index contributed by atoms with van der Waals surface area (Å²) in [4.78, 5) is 5.09. The summed E-state index contributed by atoms with van der Waals surface area (Å²) in [5.41, 5.74) is 7.95. The van der Waals surface area contributed by atoms with Gasteiger partial charge in [0.2, 0.25) is 6.33 Å². The number of aromatic nitrogens is 2. The maximum atomic E-state index is 5.82. The van der Waals surface area contributed by atoms with Crippen LogP contribution in [-0.4, -0.2) is 50.3 Å². The molecule has 0 unspecified atom stereocenters. The molecule has 0 radical (unpaired) electrons. The van der Waals surface area contributed by atoms with Crippen LogP contribution in [0.5, 0.6) is 0 Å². The predicted octanol–water partition coefficient (Wildman–Crippen LogP) is 0.302. The van der Waals surface area contributed by atoms with Crippen molar-refractivity contribution < 1.29 is 17.0 Å². The van der Waals surface area contributed by atoms with Gasteiger partial charge >= 0.3 is 0 Å². The highest BCUT2D eigenvalue weighted by molar-refractivity contribution is 6.76. The number of imidazole rings is 1. The van der Waals surface area contributed by atoms with Crippen molar-refractivity contribution in [3.8, 4) is 0 Å². The Morgan fingerprint density at radius 1 is 1.00 bits per heavy atom. The molecule has 0 aliphatic carbocycles. The van der Waals surface area contributed by atoms with Gasteiger partial charge < -0.3 is 23.0 Å². The fourth-order valence-corrected chi connectivity index (χ4v) is 5.11. The third kappa shape index (κ3) is 8.03. The Balaban J connectivity index is 0.00000300. The van der Waals surface area contributed by atoms with E-state index in [2.05, 4.69) is 69.4 Å². The SMILES string of the molecule is C[Si](C)(C)CCC[n+]1ccn(CCN2CCCN(c3ccc(N)cc3)CC2)c1.[Cl-]. The zero-order valence-corrected chi connectivity index (χ0v) is 20.1. The zero-order valence-electron chi connectivity index (χ0n) is 18.4. The van der Waals surface area contributed by atoms with E-state index in [1.807, 2.05) is 12.1 Å². The van der Waals surface area contributed by atoms with Crippen LogP contribution in [0.1, 0.15) is 12.8 Å². The Bertz CT molecular complexity index is 726. The molecule has 0 bridgehead atoms. The van der Waals surface area contributed by atoms with Gasteiger partial charge in [0.25, 0.3) is 0 Å². The highest BCUT2D eigenvalue weighted by Crippen LogP contribution is 2.18. The summed E-state index contributed by atoms with van der Waals surface area (Å²) in [6.45, 7) is 15.2. The van der Waals surface area contributed by atoms with Crippen LogP contribution in [0.3, 0.4) is 0 Å². The van der Waals surface area contributed by atoms with Crippen molar-refractivity contribution in [2.24, 2.45) is 0 Å². The standard InChI is InChI=1S/C22H38N5Si.ClH/c1-28(2,3)19-5-11-25-15-16-26(20-25)14-13-24-10-4-12-27(18-17-24)22-8-6-21(23)7-9-22;/h6-9,15-16,20H,4-5,10-14,17-19,23H2,1-3H3;1H/q+1;/p-1. The molecular weight excluding hydrogens is 398 g/mol. The zero-order chi connectivity index (χ0) is 20.0. The van der Waals surface area contributed by atoms with Crippen molar-refractivity contribution in [1.29, 1.82) is 0 Å². The van der Waals surface area contributed by atoms with Crippen molar-refractivity contribution in [2.75, 3.05) is 43.4 Å². The summed E-state index contributed by atoms with van der Waals surface area (Å²) in [6, 6.07) is 9.70. The van der Waals surface area contributed by atoms with E-state index < -0.39 is 8.07 Å². The van der Waals surface area contributed by atoms with E-state index in [1.165, 1.54) is 31.1 Å². The molecule has 0 amide bonds. The second-order valence-electron chi connectivity index (χ2n) is 9.33. The Kier molecular flexibility index (Phi) is 9.05. The van der Waals surface area contributed by atoms with Crippen molar-refractivity contribution in [3.05, 3.63) is 43.0 Å². The Hall–Kier alpha value is -1.50. The minimum Gasteiger partial charge on any atom is -1.00 e. The number of hydrogen-bond acceptors (Lipinski definition) is 3. The first kappa shape index (κ1) is 23.8. The average molecular weight is 436 g/mol. The molecule has 3 rings (SSSR count). The topological polar surface area (TPSA) is 41.3 Å². The fourth-order valence-electron chi connectivity index (χ4n) is 3.89. The van der Waals surface area contributed by atoms with Gasteiger partial charge in [-0.1, -0.05) is 25.7 Å². The van der Waals surface area contributed by atoms with Crippen LogP contribution in [0.2, 0.25) is 25.7 Å². The maximum Gasteiger partial charge on any atom is 0.243 e. The van der Waals surface area contributed by atoms with Gasteiger partial charge in [-0.15, -0.1) is 0 Å². The second kappa shape index (κ2) is 11.0. The molecule has 5 nitrogen and oxygen atoms in total. The fraction of sp³-hybridized carbons (Fsp3) is 0.591. The summed E-state index contributed by atoms with van der Waals surface area (Å²) >= 11 is 0. The number of aryl methyl sites for hydroxylation is 1. The number of nitrogens with two attached hydrogens (primary N) is 1. The third-order valence-electron chi connectivity index (χ3n) is 5.61. The van der Waals surface area contributed by atoms with Crippen LogP contribution < -0.4 is 27.6 Å². The van der Waals surface area contributed by atoms with E-state index in [-0.39, 0.29) is 12.4 Å². The van der Waals surface area contributed by atoms with E-state index in [1.54, 1.807) is 0 Å². The molecule has 162 valence electrons. The lowest BCUT2D eigenvalue weighted by Crippen LogP contribution is -3.00. The summed E-state index contributed by atoms with van der Waals surface area (Å²) in [6.07, 6.45) is 9.26. The molecule has 7 heteroatoms. The van der Waals surface area contributed by atoms with Gasteiger partial charge in [0.05, 0.1) is 6.54 Å². The second-order valence-corrected chi connectivity index (χ2v) is 14.9. The van der Waals surface area contributed by atoms with E-state index in [0.29, 0.717) is 0 Å². The lowest BCUT2D eigenvalue weighted by Gasteiger charge is -2.23. The van der Waals surface area contributed by atoms with Gasteiger partial charge in [0, 0.05) is 52.2 Å². The highest BCUT2D eigenvalue weighted by Gasteiger charge is 2.16. The largest absolute Gasteiger partial charge is 1.00 e. The van der Waals surface area contributed by atoms with Crippen molar-refractivity contribution in [3.63, 3.8) is 0 Å². The Morgan fingerprint density at radius 3 is 2.48 bits per heavy atom. The predicted molar refractivity (Wildman–Crippen MR) is 122 cm³/mol. The quantitative estimate of drug-likeness (QED) is 0.368. The summed E-state index contributed by atoms with van der Waals surface area (Å²) in [5.74, 6) is 0. The molecule has 2 heterocycles. The van der Waals surface area contributed by atoms with Gasteiger partial charge in [-0.2, -0.15) is 0 Å². The molecule has 1 saturated heterocycles. The lowest BCUT2D eigenvalue weighted by molar-refractivity contribution is -0.696. The molecule has 29 heavy (non-hydrogen) atoms. The van der Waals surface area contributed by atoms with E-state index in [4.69, 9.17) is 5.73 Å². The third-order valence-corrected chi connectivity index (χ3v) is 7.46. The maximum absolute atomic E-state index is 5.82. The minimum atomic E-state index is -0.917. The van der Waals surface area contributed by atoms with Gasteiger partial charge in [-0.05, 0) is 37.1 Å². The van der Waals surface area contributed by atoms with Crippen LogP contribution in [0.25, 0.3) is 0 Å². The normalized spacial score (nSPS) is 15.8. The monoisotopic (exact) mass is 435 g/mol. The van der Waals surface area contributed by atoms with Crippen LogP contribution in [0.4, 0.5) is 11.4 Å². The van der Waals surface area contributed by atoms with Gasteiger partial charge in [-0.3, -0.25) is 4.90 Å². The van der Waals surface area contributed by atoms with Crippen molar-refractivity contribution >= 4 is 19.4 Å². The molecule has 2 N–H and O–H groups in total. The van der Waals surface area contributed by atoms with Crippen LogP contribution in [0, 0.1) is 0 Å². The highest BCUT2D eigenvalue weighted by atomic mass is 35.5. The van der Waals surface area contributed by atoms with Crippen LogP contribution >= 0.6 is 0 Å². The van der Waals surface area contributed by atoms with Crippen molar-refractivity contribution in [2.45, 2.75) is 51.6 Å². The molecule has 0 saturated carbocycles. The summed E-state index contributed by atoms with van der Waals surface area (Å²) < 4.78 is 4.70. The molecule has 1 aliphatic heterocycles. The first-order valence-corrected chi connectivity index (χ1v) is 14.5.